The third-order valence-electron chi connectivity index (χ3n) is 12.3. The van der Waals surface area contributed by atoms with Gasteiger partial charge in [-0.15, -0.1) is 22.7 Å². The molecule has 3 aromatic carbocycles. The second kappa shape index (κ2) is 25.1. The van der Waals surface area contributed by atoms with E-state index in [9.17, 15) is 19.5 Å². The standard InChI is InChI=1S/C53H53N5O13S5/c1-6-58-50(60)42(75-52(58)72)26-35-28-54-46-43(47-45(56-76-57-47)31(3)44(46)55-35)41-27-37-48(74-41)49-40(23-30(2)73-49)71-53(37,33-7-9-38(32(24-33)29-59)69-21-19-67-17-15-65-13-11-63-4)34-8-10-39(36(25-34)51(61)62)70-22-20-68-18-16-66-14-12-64-5/h7-10,23-29H,6,11-22H2,1-5H3,(H,61,62)/b42-26+. The Labute approximate surface area is 459 Å². The van der Waals surface area contributed by atoms with Crippen molar-refractivity contribution < 1.29 is 62.1 Å². The number of carbonyl (C=O) groups is 3. The van der Waals surface area contributed by atoms with Crippen molar-refractivity contribution in [1.82, 2.24) is 23.6 Å². The number of hydrogen-bond acceptors (Lipinski definition) is 21. The van der Waals surface area contributed by atoms with Gasteiger partial charge in [0, 0.05) is 58.3 Å². The van der Waals surface area contributed by atoms with Gasteiger partial charge in [-0.05, 0) is 63.2 Å². The van der Waals surface area contributed by atoms with Crippen molar-refractivity contribution in [3.05, 3.63) is 104 Å². The van der Waals surface area contributed by atoms with Crippen LogP contribution in [0.15, 0.2) is 59.6 Å². The SMILES string of the molecule is CCN1C(=O)/C(=C\c2cnc3c(-c4cc5c(s4)-c4sc(C)cc4OC5(c4ccc(OCCOCCOCCOC)c(C=O)c4)c4ccc(OCCOCCOCCOC)c(C(=O)O)c4)c4nsnc4c(C)c3n2)SC1=S. The Balaban J connectivity index is 1.15. The molecule has 1 amide bonds. The van der Waals surface area contributed by atoms with Crippen molar-refractivity contribution in [3.63, 3.8) is 0 Å². The van der Waals surface area contributed by atoms with Gasteiger partial charge in [-0.3, -0.25) is 19.5 Å². The minimum Gasteiger partial charge on any atom is -0.490 e. The number of aldehydes is 1. The lowest BCUT2D eigenvalue weighted by Gasteiger charge is -2.39. The summed E-state index contributed by atoms with van der Waals surface area (Å²) in [6.07, 6.45) is 4.06. The lowest BCUT2D eigenvalue weighted by Crippen LogP contribution is -2.38. The number of ether oxygens (including phenoxy) is 9. The summed E-state index contributed by atoms with van der Waals surface area (Å²) < 4.78 is 62.0. The summed E-state index contributed by atoms with van der Waals surface area (Å²) >= 11 is 10.9. The highest BCUT2D eigenvalue weighted by Crippen LogP contribution is 2.59. The fourth-order valence-electron chi connectivity index (χ4n) is 8.75. The average Bonchev–Trinajstić information content (AvgIpc) is 4.26. The maximum atomic E-state index is 13.3. The molecule has 0 saturated carbocycles. The van der Waals surface area contributed by atoms with Gasteiger partial charge in [0.15, 0.2) is 11.9 Å². The molecule has 1 unspecified atom stereocenters. The van der Waals surface area contributed by atoms with Gasteiger partial charge >= 0.3 is 5.97 Å². The number of thiophene rings is 2. The highest BCUT2D eigenvalue weighted by Gasteiger charge is 2.48. The highest BCUT2D eigenvalue weighted by atomic mass is 32.2. The molecular weight excluding hydrogens is 1070 g/mol. The number of nitrogens with zero attached hydrogens (tertiary/aromatic N) is 5. The minimum atomic E-state index is -1.58. The molecule has 76 heavy (non-hydrogen) atoms. The molecule has 6 heterocycles. The minimum absolute atomic E-state index is 0.0706. The van der Waals surface area contributed by atoms with Gasteiger partial charge in [0.1, 0.15) is 51.4 Å². The Morgan fingerprint density at radius 3 is 2.05 bits per heavy atom. The molecule has 0 bridgehead atoms. The Hall–Kier alpha value is -5.83. The summed E-state index contributed by atoms with van der Waals surface area (Å²) in [7, 11) is 3.21. The number of benzene rings is 3. The second-order valence-corrected chi connectivity index (χ2v) is 21.6. The molecule has 2 aliphatic heterocycles. The Morgan fingerprint density at radius 1 is 0.776 bits per heavy atom. The molecule has 7 aromatic rings. The molecule has 398 valence electrons. The maximum absolute atomic E-state index is 13.3. The van der Waals surface area contributed by atoms with Crippen LogP contribution in [0.5, 0.6) is 17.2 Å². The molecule has 1 saturated heterocycles. The zero-order valence-corrected chi connectivity index (χ0v) is 46.2. The first-order valence-corrected chi connectivity index (χ1v) is 27.7. The molecule has 18 nitrogen and oxygen atoms in total. The molecule has 0 radical (unpaired) electrons. The van der Waals surface area contributed by atoms with Crippen LogP contribution < -0.4 is 14.2 Å². The smallest absolute Gasteiger partial charge is 0.339 e. The van der Waals surface area contributed by atoms with Crippen LogP contribution in [0, 0.1) is 13.8 Å². The molecule has 23 heteroatoms. The van der Waals surface area contributed by atoms with E-state index in [1.165, 1.54) is 23.1 Å². The van der Waals surface area contributed by atoms with Crippen LogP contribution in [0.4, 0.5) is 0 Å². The van der Waals surface area contributed by atoms with E-state index >= 15 is 0 Å². The number of carbonyl (C=O) groups excluding carboxylic acids is 2. The number of likely N-dealkylation sites (N-methyl/N-ethyl adjacent to an activating group) is 1. The number of aromatic nitrogens is 4. The quantitative estimate of drug-likeness (QED) is 0.0220. The lowest BCUT2D eigenvalue weighted by atomic mass is 9.77. The first-order chi connectivity index (χ1) is 37.0. The summed E-state index contributed by atoms with van der Waals surface area (Å²) in [5, 5.41) is 10.8. The molecule has 1 atom stereocenters. The predicted molar refractivity (Wildman–Crippen MR) is 296 cm³/mol. The summed E-state index contributed by atoms with van der Waals surface area (Å²) in [4.78, 5) is 55.2. The zero-order chi connectivity index (χ0) is 53.3. The van der Waals surface area contributed by atoms with Crippen LogP contribution >= 0.6 is 58.4 Å². The van der Waals surface area contributed by atoms with Gasteiger partial charge < -0.3 is 47.7 Å². The average molecular weight is 1130 g/mol. The number of fused-ring (bicyclic) bond motifs is 5. The number of thioether (sulfide) groups is 1. The van der Waals surface area contributed by atoms with Gasteiger partial charge in [-0.25, -0.2) is 9.78 Å². The Kier molecular flexibility index (Phi) is 18.1. The number of aromatic carboxylic acids is 1. The van der Waals surface area contributed by atoms with E-state index in [1.54, 1.807) is 73.1 Å². The van der Waals surface area contributed by atoms with Gasteiger partial charge in [-0.1, -0.05) is 36.1 Å². The lowest BCUT2D eigenvalue weighted by molar-refractivity contribution is -0.122. The first-order valence-electron chi connectivity index (χ1n) is 24.1. The van der Waals surface area contributed by atoms with Crippen molar-refractivity contribution in [3.8, 4) is 37.4 Å². The number of carboxylic acids is 1. The van der Waals surface area contributed by atoms with Gasteiger partial charge in [-0.2, -0.15) is 8.75 Å². The maximum Gasteiger partial charge on any atom is 0.339 e. The topological polar surface area (TPSA) is 209 Å². The van der Waals surface area contributed by atoms with Gasteiger partial charge in [0.05, 0.1) is 121 Å². The van der Waals surface area contributed by atoms with Crippen molar-refractivity contribution >= 4 is 109 Å². The van der Waals surface area contributed by atoms with Crippen LogP contribution in [0.25, 0.3) is 48.3 Å². The largest absolute Gasteiger partial charge is 0.490 e. The van der Waals surface area contributed by atoms with Crippen molar-refractivity contribution in [2.45, 2.75) is 26.4 Å². The van der Waals surface area contributed by atoms with Crippen molar-refractivity contribution in [2.75, 3.05) is 100 Å². The number of aryl methyl sites for hydroxylation is 2. The number of methoxy groups -OCH3 is 2. The van der Waals surface area contributed by atoms with E-state index < -0.39 is 11.6 Å². The number of thiocarbonyl (C=S) groups is 1. The molecule has 9 rings (SSSR count). The third kappa shape index (κ3) is 11.4. The van der Waals surface area contributed by atoms with E-state index in [-0.39, 0.29) is 49.2 Å². The summed E-state index contributed by atoms with van der Waals surface area (Å²) in [5.41, 5.74) is 4.51. The van der Waals surface area contributed by atoms with Crippen LogP contribution in [0.2, 0.25) is 0 Å². The monoisotopic (exact) mass is 1130 g/mol. The fourth-order valence-corrected chi connectivity index (χ4v) is 13.1. The Bertz CT molecular complexity index is 3320. The molecule has 0 spiro atoms. The van der Waals surface area contributed by atoms with Crippen molar-refractivity contribution in [2.24, 2.45) is 0 Å². The fraction of sp³-hybridized carbons (Fsp3) is 0.358. The van der Waals surface area contributed by atoms with Crippen molar-refractivity contribution in [1.29, 1.82) is 0 Å². The molecule has 1 N–H and O–H groups in total. The number of rotatable bonds is 27. The van der Waals surface area contributed by atoms with Gasteiger partial charge in [0.25, 0.3) is 5.91 Å². The molecule has 0 aliphatic carbocycles. The van der Waals surface area contributed by atoms with E-state index in [1.807, 2.05) is 39.0 Å². The molecular formula is C53H53N5O13S5. The number of amides is 1. The van der Waals surface area contributed by atoms with Gasteiger partial charge in [0.2, 0.25) is 0 Å². The van der Waals surface area contributed by atoms with E-state index in [0.717, 1.165) is 43.1 Å². The Morgan fingerprint density at radius 2 is 1.41 bits per heavy atom. The van der Waals surface area contributed by atoms with E-state index in [0.29, 0.717) is 130 Å². The van der Waals surface area contributed by atoms with Crippen LogP contribution in [0.1, 0.15) is 60.5 Å². The van der Waals surface area contributed by atoms with Crippen LogP contribution in [-0.4, -0.2) is 151 Å². The normalized spacial score (nSPS) is 15.7. The number of hydrogen-bond donors (Lipinski definition) is 1. The third-order valence-corrected chi connectivity index (χ3v) is 16.6. The molecule has 4 aromatic heterocycles. The summed E-state index contributed by atoms with van der Waals surface area (Å²) in [6, 6.07) is 14.2. The first kappa shape index (κ1) is 54.9. The van der Waals surface area contributed by atoms with E-state index in [4.69, 9.17) is 73.6 Å². The molecule has 2 aliphatic rings. The van der Waals surface area contributed by atoms with Crippen LogP contribution in [0.3, 0.4) is 0 Å². The summed E-state index contributed by atoms with van der Waals surface area (Å²) in [6.45, 7) is 10.2. The zero-order valence-electron chi connectivity index (χ0n) is 42.2. The van der Waals surface area contributed by atoms with E-state index in [2.05, 4.69) is 0 Å². The summed E-state index contributed by atoms with van der Waals surface area (Å²) in [5.74, 6) is -0.403. The van der Waals surface area contributed by atoms with Crippen LogP contribution in [-0.2, 0) is 38.8 Å². The molecule has 1 fully saturated rings. The highest BCUT2D eigenvalue weighted by molar-refractivity contribution is 8.26. The second-order valence-electron chi connectivity index (χ2n) is 17.1. The predicted octanol–water partition coefficient (Wildman–Crippen LogP) is 9.24. The number of carboxylic acid groups (broad SMARTS) is 1.